The van der Waals surface area contributed by atoms with Crippen LogP contribution in [0.2, 0.25) is 0 Å². The second kappa shape index (κ2) is 8.48. The first-order valence-electron chi connectivity index (χ1n) is 7.77. The van der Waals surface area contributed by atoms with E-state index >= 15 is 0 Å². The van der Waals surface area contributed by atoms with Gasteiger partial charge in [-0.15, -0.1) is 0 Å². The minimum atomic E-state index is 0.584. The summed E-state index contributed by atoms with van der Waals surface area (Å²) in [6.07, 6.45) is 1.14. The van der Waals surface area contributed by atoms with E-state index in [1.807, 2.05) is 19.1 Å². The summed E-state index contributed by atoms with van der Waals surface area (Å²) < 4.78 is 5.64. The van der Waals surface area contributed by atoms with Gasteiger partial charge < -0.3 is 10.1 Å². The van der Waals surface area contributed by atoms with Crippen LogP contribution < -0.4 is 10.1 Å². The molecule has 0 radical (unpaired) electrons. The van der Waals surface area contributed by atoms with E-state index in [9.17, 15) is 0 Å². The zero-order chi connectivity index (χ0) is 14.9. The van der Waals surface area contributed by atoms with Crippen LogP contribution in [0.15, 0.2) is 54.6 Å². The fourth-order valence-electron chi connectivity index (χ4n) is 2.44. The van der Waals surface area contributed by atoms with Gasteiger partial charge in [0.15, 0.2) is 0 Å². The van der Waals surface area contributed by atoms with Crippen molar-refractivity contribution in [3.05, 3.63) is 65.7 Å². The first-order valence-corrected chi connectivity index (χ1v) is 7.77. The molecule has 2 aromatic carbocycles. The highest BCUT2D eigenvalue weighted by Crippen LogP contribution is 2.19. The van der Waals surface area contributed by atoms with Crippen molar-refractivity contribution in [1.29, 1.82) is 0 Å². The van der Waals surface area contributed by atoms with E-state index in [0.29, 0.717) is 12.5 Å². The van der Waals surface area contributed by atoms with Gasteiger partial charge in [0.25, 0.3) is 0 Å². The summed E-state index contributed by atoms with van der Waals surface area (Å²) in [7, 11) is 0. The summed E-state index contributed by atoms with van der Waals surface area (Å²) in [5.41, 5.74) is 2.64. The Morgan fingerprint density at radius 1 is 1.00 bits per heavy atom. The Bertz CT molecular complexity index is 524. The predicted molar refractivity (Wildman–Crippen MR) is 88.8 cm³/mol. The average molecular weight is 283 g/mol. The zero-order valence-corrected chi connectivity index (χ0v) is 13.0. The highest BCUT2D eigenvalue weighted by molar-refractivity contribution is 5.33. The standard InChI is InChI=1S/C19H25NO/c1-3-21-19-12-8-7-11-18(19)15-20-14-13-16(2)17-9-5-4-6-10-17/h4-12,16,20H,3,13-15H2,1-2H3. The van der Waals surface area contributed by atoms with Gasteiger partial charge in [0.05, 0.1) is 6.61 Å². The zero-order valence-electron chi connectivity index (χ0n) is 13.0. The first-order chi connectivity index (χ1) is 10.3. The molecule has 0 heterocycles. The molecule has 0 saturated carbocycles. The van der Waals surface area contributed by atoms with Crippen LogP contribution in [-0.4, -0.2) is 13.2 Å². The van der Waals surface area contributed by atoms with Gasteiger partial charge in [0, 0.05) is 12.1 Å². The molecule has 2 heteroatoms. The molecule has 0 aliphatic heterocycles. The molecule has 112 valence electrons. The Labute approximate surface area is 128 Å². The molecule has 0 aliphatic carbocycles. The van der Waals surface area contributed by atoms with Crippen molar-refractivity contribution in [3.8, 4) is 5.75 Å². The largest absolute Gasteiger partial charge is 0.494 e. The molecular weight excluding hydrogens is 258 g/mol. The number of para-hydroxylation sites is 1. The predicted octanol–water partition coefficient (Wildman–Crippen LogP) is 4.37. The van der Waals surface area contributed by atoms with Gasteiger partial charge in [-0.2, -0.15) is 0 Å². The summed E-state index contributed by atoms with van der Waals surface area (Å²) >= 11 is 0. The third-order valence-corrected chi connectivity index (χ3v) is 3.71. The van der Waals surface area contributed by atoms with Crippen molar-refractivity contribution in [2.24, 2.45) is 0 Å². The van der Waals surface area contributed by atoms with Gasteiger partial charge in [0.1, 0.15) is 5.75 Å². The van der Waals surface area contributed by atoms with Crippen LogP contribution in [0.3, 0.4) is 0 Å². The summed E-state index contributed by atoms with van der Waals surface area (Å²) in [6, 6.07) is 18.9. The Kier molecular flexibility index (Phi) is 6.29. The fraction of sp³-hybridized carbons (Fsp3) is 0.368. The highest BCUT2D eigenvalue weighted by Gasteiger charge is 2.05. The Hall–Kier alpha value is -1.80. The molecule has 0 saturated heterocycles. The van der Waals surface area contributed by atoms with E-state index in [1.165, 1.54) is 11.1 Å². The molecule has 0 fully saturated rings. The van der Waals surface area contributed by atoms with Gasteiger partial charge in [-0.3, -0.25) is 0 Å². The van der Waals surface area contributed by atoms with E-state index in [1.54, 1.807) is 0 Å². The van der Waals surface area contributed by atoms with E-state index < -0.39 is 0 Å². The van der Waals surface area contributed by atoms with Gasteiger partial charge >= 0.3 is 0 Å². The Morgan fingerprint density at radius 3 is 2.48 bits per heavy atom. The molecule has 1 atom stereocenters. The minimum Gasteiger partial charge on any atom is -0.494 e. The molecule has 21 heavy (non-hydrogen) atoms. The maximum Gasteiger partial charge on any atom is 0.123 e. The molecule has 2 nitrogen and oxygen atoms in total. The lowest BCUT2D eigenvalue weighted by molar-refractivity contribution is 0.335. The molecule has 0 spiro atoms. The summed E-state index contributed by atoms with van der Waals surface area (Å²) in [4.78, 5) is 0. The number of hydrogen-bond donors (Lipinski definition) is 1. The van der Waals surface area contributed by atoms with Crippen molar-refractivity contribution in [2.45, 2.75) is 32.7 Å². The SMILES string of the molecule is CCOc1ccccc1CNCCC(C)c1ccccc1. The third kappa shape index (κ3) is 4.91. The third-order valence-electron chi connectivity index (χ3n) is 3.71. The number of hydrogen-bond acceptors (Lipinski definition) is 2. The van der Waals surface area contributed by atoms with E-state index in [4.69, 9.17) is 4.74 Å². The lowest BCUT2D eigenvalue weighted by Crippen LogP contribution is -2.17. The normalized spacial score (nSPS) is 12.1. The van der Waals surface area contributed by atoms with Gasteiger partial charge in [-0.05, 0) is 37.4 Å². The molecule has 0 amide bonds. The smallest absolute Gasteiger partial charge is 0.123 e. The maximum absolute atomic E-state index is 5.64. The number of benzene rings is 2. The number of rotatable bonds is 8. The van der Waals surface area contributed by atoms with E-state index in [2.05, 4.69) is 54.7 Å². The van der Waals surface area contributed by atoms with Crippen LogP contribution in [0.1, 0.15) is 37.3 Å². The summed E-state index contributed by atoms with van der Waals surface area (Å²) in [5.74, 6) is 1.57. The van der Waals surface area contributed by atoms with Gasteiger partial charge in [-0.1, -0.05) is 55.5 Å². The average Bonchev–Trinajstić information content (AvgIpc) is 2.54. The maximum atomic E-state index is 5.64. The molecule has 0 aromatic heterocycles. The Balaban J connectivity index is 1.77. The summed E-state index contributed by atoms with van der Waals surface area (Å²) in [6.45, 7) is 6.88. The second-order valence-corrected chi connectivity index (χ2v) is 5.32. The lowest BCUT2D eigenvalue weighted by Gasteiger charge is -2.14. The van der Waals surface area contributed by atoms with Crippen LogP contribution in [0.25, 0.3) is 0 Å². The molecule has 0 bridgehead atoms. The monoisotopic (exact) mass is 283 g/mol. The van der Waals surface area contributed by atoms with Crippen molar-refractivity contribution in [3.63, 3.8) is 0 Å². The molecule has 2 aromatic rings. The van der Waals surface area contributed by atoms with E-state index in [-0.39, 0.29) is 0 Å². The molecule has 1 unspecified atom stereocenters. The molecule has 0 aliphatic rings. The quantitative estimate of drug-likeness (QED) is 0.726. The van der Waals surface area contributed by atoms with E-state index in [0.717, 1.165) is 25.3 Å². The van der Waals surface area contributed by atoms with Crippen LogP contribution in [0.5, 0.6) is 5.75 Å². The molecule has 2 rings (SSSR count). The lowest BCUT2D eigenvalue weighted by atomic mass is 9.98. The van der Waals surface area contributed by atoms with Crippen LogP contribution >= 0.6 is 0 Å². The molecule has 1 N–H and O–H groups in total. The van der Waals surface area contributed by atoms with Crippen molar-refractivity contribution in [2.75, 3.05) is 13.2 Å². The first kappa shape index (κ1) is 15.6. The van der Waals surface area contributed by atoms with Gasteiger partial charge in [-0.25, -0.2) is 0 Å². The minimum absolute atomic E-state index is 0.584. The number of nitrogens with one attached hydrogen (secondary N) is 1. The van der Waals surface area contributed by atoms with Crippen LogP contribution in [0.4, 0.5) is 0 Å². The topological polar surface area (TPSA) is 21.3 Å². The number of ether oxygens (including phenoxy) is 1. The van der Waals surface area contributed by atoms with Crippen molar-refractivity contribution < 1.29 is 4.74 Å². The van der Waals surface area contributed by atoms with Crippen molar-refractivity contribution >= 4 is 0 Å². The van der Waals surface area contributed by atoms with Crippen LogP contribution in [0, 0.1) is 0 Å². The fourth-order valence-corrected chi connectivity index (χ4v) is 2.44. The highest BCUT2D eigenvalue weighted by atomic mass is 16.5. The molecular formula is C19H25NO. The summed E-state index contributed by atoms with van der Waals surface area (Å²) in [5, 5.41) is 3.52. The Morgan fingerprint density at radius 2 is 1.71 bits per heavy atom. The van der Waals surface area contributed by atoms with Crippen molar-refractivity contribution in [1.82, 2.24) is 5.32 Å². The second-order valence-electron chi connectivity index (χ2n) is 5.32. The van der Waals surface area contributed by atoms with Crippen LogP contribution in [-0.2, 0) is 6.54 Å². The van der Waals surface area contributed by atoms with Gasteiger partial charge in [0.2, 0.25) is 0 Å².